The minimum absolute atomic E-state index is 0. The van der Waals surface area contributed by atoms with Crippen molar-refractivity contribution in [3.05, 3.63) is 28.8 Å². The van der Waals surface area contributed by atoms with Crippen LogP contribution < -0.4 is 4.74 Å². The zero-order valence-corrected chi connectivity index (χ0v) is 13.5. The molecule has 0 saturated heterocycles. The number of aryl methyl sites for hydroxylation is 3. The van der Waals surface area contributed by atoms with E-state index in [9.17, 15) is 5.11 Å². The van der Waals surface area contributed by atoms with Gasteiger partial charge in [0, 0.05) is 0 Å². The topological polar surface area (TPSA) is 69.9 Å². The fraction of sp³-hybridized carbons (Fsp3) is 0.600. The summed E-state index contributed by atoms with van der Waals surface area (Å²) in [5, 5.41) is 24.1. The quantitative estimate of drug-likeness (QED) is 0.742. The third kappa shape index (κ3) is 5.15. The van der Waals surface area contributed by atoms with Gasteiger partial charge in [-0.15, -0.1) is 0 Å². The van der Waals surface area contributed by atoms with Crippen LogP contribution in [0.2, 0.25) is 0 Å². The van der Waals surface area contributed by atoms with E-state index in [0.717, 1.165) is 16.9 Å². The van der Waals surface area contributed by atoms with Gasteiger partial charge < -0.3 is 19.9 Å². The van der Waals surface area contributed by atoms with E-state index in [-0.39, 0.29) is 7.69 Å². The van der Waals surface area contributed by atoms with E-state index in [4.69, 9.17) is 14.8 Å². The van der Waals surface area contributed by atoms with Crippen molar-refractivity contribution in [2.75, 3.05) is 0 Å². The Kier molecular flexibility index (Phi) is 6.74. The minimum Gasteiger partial charge on any atom is -0.484 e. The summed E-state index contributed by atoms with van der Waals surface area (Å²) >= 11 is 0. The molecule has 3 N–H and O–H groups in total. The number of hydrogen-bond donors (Lipinski definition) is 3. The molecule has 1 aromatic rings. The molecule has 1 rings (SSSR count). The van der Waals surface area contributed by atoms with Crippen molar-refractivity contribution in [1.29, 1.82) is 0 Å². The van der Waals surface area contributed by atoms with Gasteiger partial charge in [-0.3, -0.25) is 0 Å². The monoisotopic (exact) mass is 281 g/mol. The molecule has 5 heteroatoms. The summed E-state index contributed by atoms with van der Waals surface area (Å²) in [6.07, 6.45) is 0. The smallest absolute Gasteiger partial charge is 0.482 e. The Labute approximate surface area is 122 Å². The van der Waals surface area contributed by atoms with Crippen molar-refractivity contribution in [3.63, 3.8) is 0 Å². The second kappa shape index (κ2) is 7.11. The summed E-state index contributed by atoms with van der Waals surface area (Å²) in [5.41, 5.74) is 1.93. The third-order valence-electron chi connectivity index (χ3n) is 3.44. The lowest BCUT2D eigenvalue weighted by molar-refractivity contribution is -0.0911. The van der Waals surface area contributed by atoms with Gasteiger partial charge in [-0.25, -0.2) is 0 Å². The summed E-state index contributed by atoms with van der Waals surface area (Å²) < 4.78 is 6.03. The number of benzene rings is 1. The fourth-order valence-electron chi connectivity index (χ4n) is 1.71. The van der Waals surface area contributed by atoms with Crippen LogP contribution in [0.25, 0.3) is 0 Å². The van der Waals surface area contributed by atoms with Crippen LogP contribution in [0, 0.1) is 20.8 Å². The zero-order chi connectivity index (χ0) is 16.1. The molecule has 0 aromatic heterocycles. The highest BCUT2D eigenvalue weighted by atomic mass is 16.5. The molecule has 0 unspecified atom stereocenters. The summed E-state index contributed by atoms with van der Waals surface area (Å²) in [6, 6.07) is 4.20. The molecule has 0 fully saturated rings. The molecular weight excluding hydrogens is 255 g/mol. The second-order valence-electron chi connectivity index (χ2n) is 6.01. The Hall–Kier alpha value is -1.04. The average molecular weight is 281 g/mol. The molecule has 113 valence electrons. The van der Waals surface area contributed by atoms with Gasteiger partial charge in [-0.05, 0) is 59.6 Å². The van der Waals surface area contributed by atoms with Gasteiger partial charge in [0.05, 0.1) is 5.60 Å². The molecule has 0 aliphatic heterocycles. The first-order chi connectivity index (χ1) is 8.96. The van der Waals surface area contributed by atoms with Gasteiger partial charge in [0.1, 0.15) is 11.4 Å². The maximum Gasteiger partial charge on any atom is 0.482 e. The van der Waals surface area contributed by atoms with Crippen molar-refractivity contribution in [3.8, 4) is 5.75 Å². The first-order valence-electron chi connectivity index (χ1n) is 6.55. The summed E-state index contributed by atoms with van der Waals surface area (Å²) in [5.74, 6) is 0.878. The predicted molar refractivity (Wildman–Crippen MR) is 81.8 cm³/mol. The van der Waals surface area contributed by atoms with E-state index in [1.165, 1.54) is 5.56 Å². The summed E-state index contributed by atoms with van der Waals surface area (Å²) in [6.45, 7) is 13.5. The average Bonchev–Trinajstić information content (AvgIpc) is 2.23. The number of ether oxygens (including phenoxy) is 1. The molecule has 1 radical (unpaired) electrons. The lowest BCUT2D eigenvalue weighted by Gasteiger charge is -2.38. The van der Waals surface area contributed by atoms with Gasteiger partial charge in [-0.2, -0.15) is 0 Å². The normalized spacial score (nSPS) is 11.5. The van der Waals surface area contributed by atoms with Gasteiger partial charge in [0.15, 0.2) is 0 Å². The van der Waals surface area contributed by atoms with Crippen molar-refractivity contribution in [1.82, 2.24) is 0 Å². The third-order valence-corrected chi connectivity index (χ3v) is 3.44. The zero-order valence-electron chi connectivity index (χ0n) is 13.5. The lowest BCUT2D eigenvalue weighted by Crippen LogP contribution is -2.49. The van der Waals surface area contributed by atoms with Crippen LogP contribution >= 0.6 is 0 Å². The molecule has 0 bridgehead atoms. The van der Waals surface area contributed by atoms with Crippen LogP contribution in [0.4, 0.5) is 0 Å². The van der Waals surface area contributed by atoms with E-state index < -0.39 is 11.2 Å². The van der Waals surface area contributed by atoms with E-state index in [1.807, 2.05) is 27.7 Å². The Morgan fingerprint density at radius 3 is 1.60 bits per heavy atom. The van der Waals surface area contributed by atoms with Crippen molar-refractivity contribution < 1.29 is 19.9 Å². The Bertz CT molecular complexity index is 413. The highest BCUT2D eigenvalue weighted by Gasteiger charge is 2.37. The molecule has 0 atom stereocenters. The van der Waals surface area contributed by atoms with Crippen LogP contribution in [0.3, 0.4) is 0 Å². The predicted octanol–water partition coefficient (Wildman–Crippen LogP) is 2.05. The standard InChI is InChI=1S/C15H24O2.BH2O2/c1-10-8-11(2)13(12(3)9-10)17-15(6,7)14(4,5)16;2-1-3/h8-9,16H,1-7H3;2-3H. The van der Waals surface area contributed by atoms with Crippen molar-refractivity contribution in [2.24, 2.45) is 0 Å². The minimum atomic E-state index is -0.892. The summed E-state index contributed by atoms with van der Waals surface area (Å²) in [7, 11) is 0. The molecular formula is C15H26BO4. The van der Waals surface area contributed by atoms with Crippen molar-refractivity contribution >= 4 is 7.69 Å². The van der Waals surface area contributed by atoms with Gasteiger partial charge in [0.25, 0.3) is 0 Å². The van der Waals surface area contributed by atoms with E-state index in [2.05, 4.69) is 19.1 Å². The number of aliphatic hydroxyl groups is 1. The van der Waals surface area contributed by atoms with Crippen LogP contribution in [0.5, 0.6) is 5.75 Å². The van der Waals surface area contributed by atoms with E-state index in [0.29, 0.717) is 0 Å². The second-order valence-corrected chi connectivity index (χ2v) is 6.01. The fourth-order valence-corrected chi connectivity index (χ4v) is 1.71. The Morgan fingerprint density at radius 2 is 1.30 bits per heavy atom. The highest BCUT2D eigenvalue weighted by Crippen LogP contribution is 2.32. The molecule has 0 saturated carbocycles. The van der Waals surface area contributed by atoms with E-state index in [1.54, 1.807) is 13.8 Å². The van der Waals surface area contributed by atoms with Crippen LogP contribution in [-0.2, 0) is 0 Å². The SMILES string of the molecule is Cc1cc(C)c(OC(C)(C)C(C)(C)O)c(C)c1.O[B]O. The molecule has 20 heavy (non-hydrogen) atoms. The first kappa shape index (κ1) is 19.0. The maximum atomic E-state index is 10.1. The Balaban J connectivity index is 0.00000110. The number of rotatable bonds is 3. The lowest BCUT2D eigenvalue weighted by atomic mass is 9.89. The van der Waals surface area contributed by atoms with Gasteiger partial charge >= 0.3 is 7.69 Å². The molecule has 0 spiro atoms. The summed E-state index contributed by atoms with van der Waals surface area (Å²) in [4.78, 5) is 0. The van der Waals surface area contributed by atoms with Crippen LogP contribution in [0.1, 0.15) is 44.4 Å². The number of hydrogen-bond acceptors (Lipinski definition) is 4. The van der Waals surface area contributed by atoms with E-state index >= 15 is 0 Å². The van der Waals surface area contributed by atoms with Crippen LogP contribution in [-0.4, -0.2) is 34.0 Å². The molecule has 0 aliphatic rings. The largest absolute Gasteiger partial charge is 0.484 e. The van der Waals surface area contributed by atoms with Gasteiger partial charge in [0.2, 0.25) is 0 Å². The molecule has 0 aliphatic carbocycles. The highest BCUT2D eigenvalue weighted by molar-refractivity contribution is 6.13. The molecule has 4 nitrogen and oxygen atoms in total. The molecule has 0 heterocycles. The molecule has 1 aromatic carbocycles. The Morgan fingerprint density at radius 1 is 0.950 bits per heavy atom. The first-order valence-corrected chi connectivity index (χ1v) is 6.55. The van der Waals surface area contributed by atoms with Gasteiger partial charge in [-0.1, -0.05) is 17.7 Å². The van der Waals surface area contributed by atoms with Crippen LogP contribution in [0.15, 0.2) is 12.1 Å². The maximum absolute atomic E-state index is 10.1. The molecule has 0 amide bonds. The van der Waals surface area contributed by atoms with Crippen molar-refractivity contribution in [2.45, 2.75) is 59.7 Å².